The molecule has 3 aromatic heterocycles. The maximum Gasteiger partial charge on any atom is 0.232 e. The number of amides is 1. The SMILES string of the molecule is C.C.C.CC(=O)C(c1csc2ccc(Cl)cc12)P(C)(C)=O.CP(C)(=O)C(C(N)=O)c1csc2ccc(Cl)cc12.CP(C)(=O)Cc1csc2ccc(Cl)cc12. The third-order valence-electron chi connectivity index (χ3n) is 7.79. The van der Waals surface area contributed by atoms with Crippen LogP contribution in [0.4, 0.5) is 0 Å². The summed E-state index contributed by atoms with van der Waals surface area (Å²) in [5.74, 6) is -0.606. The summed E-state index contributed by atoms with van der Waals surface area (Å²) >= 11 is 22.6. The van der Waals surface area contributed by atoms with Crippen molar-refractivity contribution in [3.63, 3.8) is 0 Å². The summed E-state index contributed by atoms with van der Waals surface area (Å²) in [7, 11) is -7.19. The maximum absolute atomic E-state index is 12.3. The van der Waals surface area contributed by atoms with E-state index >= 15 is 0 Å². The van der Waals surface area contributed by atoms with Gasteiger partial charge in [0.25, 0.3) is 0 Å². The highest BCUT2D eigenvalue weighted by molar-refractivity contribution is 7.64. The quantitative estimate of drug-likeness (QED) is 0.153. The molecule has 2 unspecified atom stereocenters. The van der Waals surface area contributed by atoms with Gasteiger partial charge in [-0.2, -0.15) is 0 Å². The Kier molecular flexibility index (Phi) is 18.7. The van der Waals surface area contributed by atoms with Crippen molar-refractivity contribution >= 4 is 132 Å². The van der Waals surface area contributed by atoms with Gasteiger partial charge in [-0.1, -0.05) is 57.1 Å². The molecule has 6 nitrogen and oxygen atoms in total. The van der Waals surface area contributed by atoms with Crippen LogP contribution in [0.2, 0.25) is 15.1 Å². The molecule has 0 aliphatic rings. The van der Waals surface area contributed by atoms with Gasteiger partial charge in [-0.15, -0.1) is 34.0 Å². The van der Waals surface area contributed by atoms with Crippen LogP contribution in [0.25, 0.3) is 30.3 Å². The van der Waals surface area contributed by atoms with E-state index in [0.29, 0.717) is 16.2 Å². The van der Waals surface area contributed by atoms with Gasteiger partial charge in [-0.3, -0.25) is 9.59 Å². The maximum atomic E-state index is 12.3. The van der Waals surface area contributed by atoms with Gasteiger partial charge >= 0.3 is 0 Å². The summed E-state index contributed by atoms with van der Waals surface area (Å²) < 4.78 is 39.7. The summed E-state index contributed by atoms with van der Waals surface area (Å²) in [6.07, 6.45) is 0.660. The van der Waals surface area contributed by atoms with Crippen molar-refractivity contribution < 1.29 is 23.3 Å². The first-order valence-corrected chi connectivity index (χ1v) is 27.4. The molecule has 296 valence electrons. The molecule has 2 atom stereocenters. The van der Waals surface area contributed by atoms with Crippen molar-refractivity contribution in [3.8, 4) is 0 Å². The fraction of sp³-hybridized carbons (Fsp3) is 0.333. The first-order valence-electron chi connectivity index (χ1n) is 15.5. The highest BCUT2D eigenvalue weighted by Crippen LogP contribution is 2.56. The van der Waals surface area contributed by atoms with Gasteiger partial charge in [0, 0.05) is 35.3 Å². The van der Waals surface area contributed by atoms with Crippen molar-refractivity contribution in [3.05, 3.63) is 102 Å². The van der Waals surface area contributed by atoms with E-state index < -0.39 is 38.7 Å². The van der Waals surface area contributed by atoms with E-state index in [1.807, 2.05) is 66.6 Å². The second kappa shape index (κ2) is 20.1. The van der Waals surface area contributed by atoms with Crippen LogP contribution in [0.1, 0.15) is 57.2 Å². The molecule has 54 heavy (non-hydrogen) atoms. The zero-order chi connectivity index (χ0) is 38.1. The summed E-state index contributed by atoms with van der Waals surface area (Å²) in [4.78, 5) is 23.4. The monoisotopic (exact) mass is 907 g/mol. The van der Waals surface area contributed by atoms with Crippen LogP contribution in [0, 0.1) is 0 Å². The number of primary amides is 1. The summed E-state index contributed by atoms with van der Waals surface area (Å²) in [6.45, 7) is 11.6. The van der Waals surface area contributed by atoms with E-state index in [4.69, 9.17) is 40.5 Å². The van der Waals surface area contributed by atoms with E-state index in [0.717, 1.165) is 47.3 Å². The average Bonchev–Trinajstić information content (AvgIpc) is 3.69. The van der Waals surface area contributed by atoms with Gasteiger partial charge in [-0.25, -0.2) is 0 Å². The Labute approximate surface area is 347 Å². The number of carbonyl (C=O) groups excluding carboxylic acids is 2. The lowest BCUT2D eigenvalue weighted by molar-refractivity contribution is -0.118. The van der Waals surface area contributed by atoms with Crippen molar-refractivity contribution in [1.82, 2.24) is 0 Å². The van der Waals surface area contributed by atoms with Gasteiger partial charge in [0.05, 0.1) is 27.1 Å². The minimum Gasteiger partial charge on any atom is -0.369 e. The first-order chi connectivity index (χ1) is 23.6. The molecular formula is C39H51Cl3NO5P3S3. The fourth-order valence-corrected chi connectivity index (χ4v) is 13.9. The zero-order valence-electron chi connectivity index (χ0n) is 29.1. The number of rotatable bonds is 8. The molecular weight excluding hydrogens is 858 g/mol. The second-order valence-electron chi connectivity index (χ2n) is 13.5. The van der Waals surface area contributed by atoms with E-state index in [9.17, 15) is 23.3 Å². The summed E-state index contributed by atoms with van der Waals surface area (Å²) in [5, 5.41) is 10.8. The summed E-state index contributed by atoms with van der Waals surface area (Å²) in [6, 6.07) is 16.9. The molecule has 15 heteroatoms. The molecule has 0 saturated carbocycles. The standard InChI is InChI=1S/C13H14ClO2PS.C12H13ClNO2PS.C11H12ClOPS.3CH4/c1-8(15)13(17(2,3)16)11-7-18-12-5-4-9(14)6-10(11)12;1-17(2,16)11(12(14)15)9-6-18-10-4-3-7(13)5-8(9)10;1-14(2,13)6-8-7-15-11-4-3-9(12)5-10(8)11;;;/h4-7,13H,1-3H3;3-6,11H,1-2H3,(H2,14,15);3-5,7H,6H2,1-2H3;3*1H4. The fourth-order valence-electron chi connectivity index (χ4n) is 5.84. The van der Waals surface area contributed by atoms with Gasteiger partial charge in [0.15, 0.2) is 0 Å². The molecule has 3 aromatic carbocycles. The third-order valence-corrected chi connectivity index (χ3v) is 16.2. The zero-order valence-corrected chi connectivity index (χ0v) is 36.5. The molecule has 0 bridgehead atoms. The Hall–Kier alpha value is -1.76. The third kappa shape index (κ3) is 12.9. The molecule has 1 amide bonds. The molecule has 2 N–H and O–H groups in total. The number of benzene rings is 3. The number of hydrogen-bond donors (Lipinski definition) is 1. The van der Waals surface area contributed by atoms with Gasteiger partial charge in [-0.05, 0) is 150 Å². The van der Waals surface area contributed by atoms with Crippen LogP contribution >= 0.6 is 90.2 Å². The van der Waals surface area contributed by atoms with Crippen LogP contribution in [-0.4, -0.2) is 51.7 Å². The number of fused-ring (bicyclic) bond motifs is 3. The molecule has 6 rings (SSSR count). The Morgan fingerprint density at radius 1 is 0.611 bits per heavy atom. The number of Topliss-reactive ketones (excluding diaryl/α,β-unsaturated/α-hetero) is 1. The van der Waals surface area contributed by atoms with Crippen molar-refractivity contribution in [2.24, 2.45) is 5.73 Å². The largest absolute Gasteiger partial charge is 0.369 e. The van der Waals surface area contributed by atoms with Crippen LogP contribution in [0.3, 0.4) is 0 Å². The van der Waals surface area contributed by atoms with Crippen LogP contribution in [0.15, 0.2) is 70.7 Å². The molecule has 0 aliphatic carbocycles. The lowest BCUT2D eigenvalue weighted by Gasteiger charge is -2.18. The Morgan fingerprint density at radius 2 is 0.963 bits per heavy atom. The number of carbonyl (C=O) groups is 2. The predicted octanol–water partition coefficient (Wildman–Crippen LogP) is 15.1. The van der Waals surface area contributed by atoms with Crippen LogP contribution < -0.4 is 5.73 Å². The highest BCUT2D eigenvalue weighted by atomic mass is 35.5. The van der Waals surface area contributed by atoms with E-state index in [2.05, 4.69) is 5.38 Å². The lowest BCUT2D eigenvalue weighted by atomic mass is 10.1. The van der Waals surface area contributed by atoms with Crippen molar-refractivity contribution in [2.45, 2.75) is 46.7 Å². The van der Waals surface area contributed by atoms with E-state index in [1.165, 1.54) is 23.0 Å². The minimum atomic E-state index is -2.65. The number of halogens is 3. The van der Waals surface area contributed by atoms with Gasteiger partial charge in [0.2, 0.25) is 5.91 Å². The summed E-state index contributed by atoms with van der Waals surface area (Å²) in [5.41, 5.74) is 6.86. The molecule has 0 saturated heterocycles. The topological polar surface area (TPSA) is 111 Å². The van der Waals surface area contributed by atoms with Crippen LogP contribution in [0.5, 0.6) is 0 Å². The average molecular weight is 909 g/mol. The Balaban J connectivity index is 0.000000396. The Bertz CT molecular complexity index is 2270. The highest BCUT2D eigenvalue weighted by Gasteiger charge is 2.33. The number of thiophene rings is 3. The number of hydrogen-bond acceptors (Lipinski definition) is 8. The smallest absolute Gasteiger partial charge is 0.232 e. The lowest BCUT2D eigenvalue weighted by Crippen LogP contribution is -2.20. The van der Waals surface area contributed by atoms with E-state index in [1.54, 1.807) is 61.5 Å². The Morgan fingerprint density at radius 3 is 1.31 bits per heavy atom. The molecule has 6 aromatic rings. The van der Waals surface area contributed by atoms with Crippen molar-refractivity contribution in [2.75, 3.05) is 40.0 Å². The number of nitrogens with two attached hydrogens (primary N) is 1. The van der Waals surface area contributed by atoms with Gasteiger partial charge in [0.1, 0.15) is 11.4 Å². The molecule has 0 radical (unpaired) electrons. The van der Waals surface area contributed by atoms with E-state index in [-0.39, 0.29) is 28.1 Å². The molecule has 0 spiro atoms. The normalized spacial score (nSPS) is 12.6. The molecule has 0 aliphatic heterocycles. The number of ketones is 1. The minimum absolute atomic E-state index is 0. The molecule has 3 heterocycles. The van der Waals surface area contributed by atoms with Crippen molar-refractivity contribution in [1.29, 1.82) is 0 Å². The molecule has 0 fully saturated rings. The van der Waals surface area contributed by atoms with Crippen LogP contribution in [-0.2, 0) is 29.4 Å². The van der Waals surface area contributed by atoms with Gasteiger partial charge < -0.3 is 19.4 Å². The first kappa shape index (κ1) is 50.3. The predicted molar refractivity (Wildman–Crippen MR) is 248 cm³/mol. The second-order valence-corrected chi connectivity index (χ2v) is 27.8.